The summed E-state index contributed by atoms with van der Waals surface area (Å²) >= 11 is 0. The summed E-state index contributed by atoms with van der Waals surface area (Å²) in [6.45, 7) is 6.05. The molecule has 1 aromatic carbocycles. The van der Waals surface area contributed by atoms with Crippen molar-refractivity contribution in [1.82, 2.24) is 4.90 Å². The van der Waals surface area contributed by atoms with Crippen LogP contribution in [0.2, 0.25) is 0 Å². The number of hydrogen-bond acceptors (Lipinski definition) is 4. The van der Waals surface area contributed by atoms with Gasteiger partial charge in [0.25, 0.3) is 0 Å². The first kappa shape index (κ1) is 18.9. The number of nitrogens with zero attached hydrogens (tertiary/aromatic N) is 1. The van der Waals surface area contributed by atoms with Crippen LogP contribution in [0.25, 0.3) is 0 Å². The highest BCUT2D eigenvalue weighted by atomic mass is 16.5. The number of carboxylic acids is 2. The van der Waals surface area contributed by atoms with Gasteiger partial charge >= 0.3 is 11.9 Å². The SMILES string of the molecule is Cc1cccc(C)c1OCCCN(C)C.O=C(O)C(=O)O. The van der Waals surface area contributed by atoms with Crippen molar-refractivity contribution in [3.8, 4) is 5.75 Å². The number of aliphatic carboxylic acids is 2. The quantitative estimate of drug-likeness (QED) is 0.636. The highest BCUT2D eigenvalue weighted by Crippen LogP contribution is 2.22. The Morgan fingerprint density at radius 2 is 1.57 bits per heavy atom. The fourth-order valence-corrected chi connectivity index (χ4v) is 1.58. The van der Waals surface area contributed by atoms with E-state index in [9.17, 15) is 0 Å². The van der Waals surface area contributed by atoms with Crippen LogP contribution >= 0.6 is 0 Å². The molecule has 0 unspecified atom stereocenters. The van der Waals surface area contributed by atoms with E-state index in [1.165, 1.54) is 11.1 Å². The minimum Gasteiger partial charge on any atom is -0.493 e. The largest absolute Gasteiger partial charge is 0.493 e. The Morgan fingerprint density at radius 1 is 1.10 bits per heavy atom. The first-order valence-corrected chi connectivity index (χ1v) is 6.55. The van der Waals surface area contributed by atoms with E-state index >= 15 is 0 Å². The first-order valence-electron chi connectivity index (χ1n) is 6.55. The number of carboxylic acid groups (broad SMARTS) is 2. The summed E-state index contributed by atoms with van der Waals surface area (Å²) in [6, 6.07) is 6.25. The summed E-state index contributed by atoms with van der Waals surface area (Å²) in [5.74, 6) is -2.60. The Bertz CT molecular complexity index is 439. The van der Waals surface area contributed by atoms with Crippen molar-refractivity contribution in [2.45, 2.75) is 20.3 Å². The molecular weight excluding hydrogens is 274 g/mol. The monoisotopic (exact) mass is 297 g/mol. The van der Waals surface area contributed by atoms with Crippen LogP contribution in [-0.2, 0) is 9.59 Å². The molecule has 21 heavy (non-hydrogen) atoms. The van der Waals surface area contributed by atoms with Crippen LogP contribution in [0.15, 0.2) is 18.2 Å². The molecule has 0 spiro atoms. The molecule has 1 aromatic rings. The lowest BCUT2D eigenvalue weighted by Crippen LogP contribution is -2.15. The highest BCUT2D eigenvalue weighted by molar-refractivity contribution is 6.27. The van der Waals surface area contributed by atoms with Crippen molar-refractivity contribution in [3.63, 3.8) is 0 Å². The molecule has 0 atom stereocenters. The van der Waals surface area contributed by atoms with Gasteiger partial charge in [0.15, 0.2) is 0 Å². The molecular formula is C15H23NO5. The van der Waals surface area contributed by atoms with Crippen molar-refractivity contribution in [1.29, 1.82) is 0 Å². The molecule has 0 fully saturated rings. The zero-order valence-corrected chi connectivity index (χ0v) is 12.9. The number of aryl methyl sites for hydroxylation is 2. The number of hydrogen-bond donors (Lipinski definition) is 2. The van der Waals surface area contributed by atoms with Gasteiger partial charge in [0.05, 0.1) is 6.61 Å². The Morgan fingerprint density at radius 3 is 1.95 bits per heavy atom. The van der Waals surface area contributed by atoms with Crippen molar-refractivity contribution < 1.29 is 24.5 Å². The zero-order chi connectivity index (χ0) is 16.4. The average molecular weight is 297 g/mol. The smallest absolute Gasteiger partial charge is 0.414 e. The van der Waals surface area contributed by atoms with Gasteiger partial charge in [0.1, 0.15) is 5.75 Å². The lowest BCUT2D eigenvalue weighted by atomic mass is 10.1. The second kappa shape index (κ2) is 9.77. The van der Waals surface area contributed by atoms with E-state index in [0.29, 0.717) is 0 Å². The first-order chi connectivity index (χ1) is 9.75. The van der Waals surface area contributed by atoms with E-state index in [-0.39, 0.29) is 0 Å². The van der Waals surface area contributed by atoms with Crippen molar-refractivity contribution >= 4 is 11.9 Å². The van der Waals surface area contributed by atoms with Gasteiger partial charge in [-0.05, 0) is 45.5 Å². The minimum absolute atomic E-state index is 0.796. The molecule has 1 rings (SSSR count). The Hall–Kier alpha value is -2.08. The maximum atomic E-state index is 9.10. The number of benzene rings is 1. The van der Waals surface area contributed by atoms with E-state index in [2.05, 4.69) is 51.0 Å². The Kier molecular flexibility index (Phi) is 8.80. The van der Waals surface area contributed by atoms with Crippen LogP contribution in [0.3, 0.4) is 0 Å². The summed E-state index contributed by atoms with van der Waals surface area (Å²) in [7, 11) is 4.16. The second-order valence-corrected chi connectivity index (χ2v) is 4.84. The third-order valence-corrected chi connectivity index (χ3v) is 2.59. The van der Waals surface area contributed by atoms with E-state index in [0.717, 1.165) is 25.3 Å². The predicted molar refractivity (Wildman–Crippen MR) is 79.9 cm³/mol. The molecule has 6 nitrogen and oxygen atoms in total. The normalized spacial score (nSPS) is 9.76. The molecule has 0 heterocycles. The molecule has 2 N–H and O–H groups in total. The Labute approximate surface area is 125 Å². The van der Waals surface area contributed by atoms with Gasteiger partial charge in [-0.3, -0.25) is 0 Å². The van der Waals surface area contributed by atoms with Gasteiger partial charge in [-0.25, -0.2) is 9.59 Å². The molecule has 118 valence electrons. The third kappa shape index (κ3) is 8.65. The van der Waals surface area contributed by atoms with Gasteiger partial charge in [-0.1, -0.05) is 18.2 Å². The molecule has 0 radical (unpaired) electrons. The fraction of sp³-hybridized carbons (Fsp3) is 0.467. The number of ether oxygens (including phenoxy) is 1. The number of rotatable bonds is 5. The standard InChI is InChI=1S/C13H21NO.C2H2O4/c1-11-7-5-8-12(2)13(11)15-10-6-9-14(3)4;3-1(4)2(5)6/h5,7-8H,6,9-10H2,1-4H3;(H,3,4)(H,5,6). The second-order valence-electron chi connectivity index (χ2n) is 4.84. The lowest BCUT2D eigenvalue weighted by Gasteiger charge is -2.13. The molecule has 0 aliphatic carbocycles. The summed E-state index contributed by atoms with van der Waals surface area (Å²) in [6.07, 6.45) is 1.07. The maximum Gasteiger partial charge on any atom is 0.414 e. The van der Waals surface area contributed by atoms with Gasteiger partial charge in [-0.15, -0.1) is 0 Å². The van der Waals surface area contributed by atoms with Crippen LogP contribution in [0.1, 0.15) is 17.5 Å². The summed E-state index contributed by atoms with van der Waals surface area (Å²) in [5, 5.41) is 14.8. The van der Waals surface area contributed by atoms with E-state index in [4.69, 9.17) is 24.5 Å². The molecule has 6 heteroatoms. The third-order valence-electron chi connectivity index (χ3n) is 2.59. The zero-order valence-electron chi connectivity index (χ0n) is 12.9. The van der Waals surface area contributed by atoms with Gasteiger partial charge in [0.2, 0.25) is 0 Å². The molecule has 0 bridgehead atoms. The van der Waals surface area contributed by atoms with Crippen LogP contribution in [0.4, 0.5) is 0 Å². The van der Waals surface area contributed by atoms with E-state index in [1.807, 2.05) is 0 Å². The Balaban J connectivity index is 0.000000567. The van der Waals surface area contributed by atoms with Crippen LogP contribution in [-0.4, -0.2) is 54.3 Å². The van der Waals surface area contributed by atoms with Crippen LogP contribution in [0.5, 0.6) is 5.75 Å². The van der Waals surface area contributed by atoms with Crippen LogP contribution in [0, 0.1) is 13.8 Å². The average Bonchev–Trinajstić information content (AvgIpc) is 2.37. The minimum atomic E-state index is -1.82. The van der Waals surface area contributed by atoms with E-state index in [1.54, 1.807) is 0 Å². The summed E-state index contributed by atoms with van der Waals surface area (Å²) in [5.41, 5.74) is 2.44. The molecule has 0 saturated heterocycles. The molecule has 0 amide bonds. The maximum absolute atomic E-state index is 9.10. The van der Waals surface area contributed by atoms with Crippen LogP contribution < -0.4 is 4.74 Å². The van der Waals surface area contributed by atoms with Crippen molar-refractivity contribution in [2.24, 2.45) is 0 Å². The van der Waals surface area contributed by atoms with Gasteiger partial charge in [0, 0.05) is 6.54 Å². The van der Waals surface area contributed by atoms with Gasteiger partial charge < -0.3 is 19.8 Å². The number of para-hydroxylation sites is 1. The fourth-order valence-electron chi connectivity index (χ4n) is 1.58. The highest BCUT2D eigenvalue weighted by Gasteiger charge is 2.04. The predicted octanol–water partition coefficient (Wildman–Crippen LogP) is 1.79. The summed E-state index contributed by atoms with van der Waals surface area (Å²) in [4.78, 5) is 20.4. The molecule has 0 aromatic heterocycles. The van der Waals surface area contributed by atoms with E-state index < -0.39 is 11.9 Å². The van der Waals surface area contributed by atoms with Crippen molar-refractivity contribution in [2.75, 3.05) is 27.2 Å². The molecule has 0 saturated carbocycles. The summed E-state index contributed by atoms with van der Waals surface area (Å²) < 4.78 is 5.79. The number of carbonyl (C=O) groups is 2. The lowest BCUT2D eigenvalue weighted by molar-refractivity contribution is -0.159. The van der Waals surface area contributed by atoms with Crippen molar-refractivity contribution in [3.05, 3.63) is 29.3 Å². The molecule has 0 aliphatic rings. The molecule has 0 aliphatic heterocycles. The van der Waals surface area contributed by atoms with Gasteiger partial charge in [-0.2, -0.15) is 0 Å². The topological polar surface area (TPSA) is 87.1 Å².